The summed E-state index contributed by atoms with van der Waals surface area (Å²) in [5, 5.41) is 14.3. The first-order valence-electron chi connectivity index (χ1n) is 7.35. The van der Waals surface area contributed by atoms with Gasteiger partial charge < -0.3 is 10.6 Å². The number of hydrogen-bond donors (Lipinski definition) is 2. The summed E-state index contributed by atoms with van der Waals surface area (Å²) in [7, 11) is 0. The van der Waals surface area contributed by atoms with E-state index in [9.17, 15) is 4.79 Å². The van der Waals surface area contributed by atoms with Gasteiger partial charge in [-0.15, -0.1) is 10.2 Å². The van der Waals surface area contributed by atoms with Crippen LogP contribution in [0.4, 0.5) is 11.5 Å². The van der Waals surface area contributed by atoms with E-state index in [1.807, 2.05) is 12.1 Å². The predicted molar refractivity (Wildman–Crippen MR) is 98.0 cm³/mol. The van der Waals surface area contributed by atoms with Gasteiger partial charge in [-0.25, -0.2) is 0 Å². The summed E-state index contributed by atoms with van der Waals surface area (Å²) in [6, 6.07) is 12.1. The fourth-order valence-electron chi connectivity index (χ4n) is 2.03. The Labute approximate surface area is 154 Å². The number of nitrogens with zero attached hydrogens (tertiary/aromatic N) is 3. The molecule has 126 valence electrons. The minimum absolute atomic E-state index is 0.172. The van der Waals surface area contributed by atoms with Crippen molar-refractivity contribution in [3.63, 3.8) is 0 Å². The first-order chi connectivity index (χ1) is 12.1. The van der Waals surface area contributed by atoms with E-state index < -0.39 is 5.91 Å². The molecule has 0 bridgehead atoms. The highest BCUT2D eigenvalue weighted by Gasteiger charge is 2.12. The van der Waals surface area contributed by atoms with Crippen LogP contribution in [0.3, 0.4) is 0 Å². The highest BCUT2D eigenvalue weighted by Crippen LogP contribution is 2.29. The Morgan fingerprint density at radius 1 is 1.00 bits per heavy atom. The van der Waals surface area contributed by atoms with Crippen LogP contribution in [-0.4, -0.2) is 21.1 Å². The number of amides is 1. The summed E-state index contributed by atoms with van der Waals surface area (Å²) in [6.45, 7) is 0.584. The molecule has 0 saturated carbocycles. The molecule has 2 N–H and O–H groups in total. The first kappa shape index (κ1) is 17.1. The lowest BCUT2D eigenvalue weighted by atomic mass is 10.2. The molecule has 3 rings (SSSR count). The van der Waals surface area contributed by atoms with Crippen LogP contribution < -0.4 is 10.6 Å². The SMILES string of the molecule is O=C(Nc1cccc(Cl)c1Cl)c1ccc(NCc2ccncc2)nn1. The predicted octanol–water partition coefficient (Wildman–Crippen LogP) is 4.04. The van der Waals surface area contributed by atoms with Gasteiger partial charge in [-0.05, 0) is 42.0 Å². The van der Waals surface area contributed by atoms with Gasteiger partial charge in [0.25, 0.3) is 5.91 Å². The molecule has 0 atom stereocenters. The van der Waals surface area contributed by atoms with E-state index >= 15 is 0 Å². The van der Waals surface area contributed by atoms with E-state index in [1.165, 1.54) is 0 Å². The fourth-order valence-corrected chi connectivity index (χ4v) is 2.38. The molecule has 2 heterocycles. The van der Waals surface area contributed by atoms with E-state index in [0.717, 1.165) is 5.56 Å². The topological polar surface area (TPSA) is 79.8 Å². The Morgan fingerprint density at radius 3 is 2.52 bits per heavy atom. The van der Waals surface area contributed by atoms with Crippen LogP contribution in [0.15, 0.2) is 54.9 Å². The number of anilines is 2. The third-order valence-electron chi connectivity index (χ3n) is 3.32. The van der Waals surface area contributed by atoms with Gasteiger partial charge in [-0.3, -0.25) is 9.78 Å². The van der Waals surface area contributed by atoms with Crippen molar-refractivity contribution in [1.82, 2.24) is 15.2 Å². The number of rotatable bonds is 5. The number of benzene rings is 1. The van der Waals surface area contributed by atoms with Crippen molar-refractivity contribution in [2.75, 3.05) is 10.6 Å². The number of carbonyl (C=O) groups excluding carboxylic acids is 1. The van der Waals surface area contributed by atoms with Crippen molar-refractivity contribution < 1.29 is 4.79 Å². The molecule has 0 aliphatic carbocycles. The maximum absolute atomic E-state index is 12.2. The second kappa shape index (κ2) is 7.92. The van der Waals surface area contributed by atoms with Crippen molar-refractivity contribution >= 4 is 40.6 Å². The smallest absolute Gasteiger partial charge is 0.276 e. The third kappa shape index (κ3) is 4.43. The molecule has 0 aliphatic rings. The van der Waals surface area contributed by atoms with Gasteiger partial charge in [-0.2, -0.15) is 0 Å². The summed E-state index contributed by atoms with van der Waals surface area (Å²) in [4.78, 5) is 16.2. The van der Waals surface area contributed by atoms with Crippen LogP contribution in [0.2, 0.25) is 10.0 Å². The molecule has 0 spiro atoms. The number of pyridine rings is 1. The average molecular weight is 374 g/mol. The quantitative estimate of drug-likeness (QED) is 0.705. The molecular weight excluding hydrogens is 361 g/mol. The van der Waals surface area contributed by atoms with Crippen LogP contribution in [0.25, 0.3) is 0 Å². The zero-order chi connectivity index (χ0) is 17.6. The molecule has 1 amide bonds. The van der Waals surface area contributed by atoms with Gasteiger partial charge in [0.15, 0.2) is 5.69 Å². The summed E-state index contributed by atoms with van der Waals surface area (Å²) < 4.78 is 0. The standard InChI is InChI=1S/C17H13Cl2N5O/c18-12-2-1-3-13(16(12)19)22-17(25)14-4-5-15(24-23-14)21-10-11-6-8-20-9-7-11/h1-9H,10H2,(H,21,24)(H,22,25). The monoisotopic (exact) mass is 373 g/mol. The molecular formula is C17H13Cl2N5O. The molecule has 0 aliphatic heterocycles. The molecule has 2 aromatic heterocycles. The summed E-state index contributed by atoms with van der Waals surface area (Å²) in [5.74, 6) is 0.145. The van der Waals surface area contributed by atoms with Gasteiger partial charge >= 0.3 is 0 Å². The van der Waals surface area contributed by atoms with E-state index in [2.05, 4.69) is 25.8 Å². The average Bonchev–Trinajstić information content (AvgIpc) is 2.65. The largest absolute Gasteiger partial charge is 0.365 e. The number of halogens is 2. The zero-order valence-electron chi connectivity index (χ0n) is 12.9. The molecule has 0 saturated heterocycles. The van der Waals surface area contributed by atoms with Crippen molar-refractivity contribution in [3.05, 3.63) is 76.2 Å². The summed E-state index contributed by atoms with van der Waals surface area (Å²) >= 11 is 12.0. The Morgan fingerprint density at radius 2 is 1.80 bits per heavy atom. The normalized spacial score (nSPS) is 10.3. The highest BCUT2D eigenvalue weighted by atomic mass is 35.5. The number of nitrogens with one attached hydrogen (secondary N) is 2. The minimum atomic E-state index is -0.419. The van der Waals surface area contributed by atoms with Crippen LogP contribution in [0, 0.1) is 0 Å². The van der Waals surface area contributed by atoms with Crippen LogP contribution in [0.5, 0.6) is 0 Å². The Hall–Kier alpha value is -2.70. The summed E-state index contributed by atoms with van der Waals surface area (Å²) in [6.07, 6.45) is 3.44. The van der Waals surface area contributed by atoms with E-state index in [-0.39, 0.29) is 10.7 Å². The van der Waals surface area contributed by atoms with E-state index in [1.54, 1.807) is 42.7 Å². The Bertz CT molecular complexity index is 872. The second-order valence-electron chi connectivity index (χ2n) is 5.07. The van der Waals surface area contributed by atoms with Gasteiger partial charge in [-0.1, -0.05) is 29.3 Å². The molecule has 0 unspecified atom stereocenters. The van der Waals surface area contributed by atoms with Gasteiger partial charge in [0.1, 0.15) is 5.82 Å². The molecule has 8 heteroatoms. The number of aromatic nitrogens is 3. The van der Waals surface area contributed by atoms with Crippen LogP contribution >= 0.6 is 23.2 Å². The van der Waals surface area contributed by atoms with Gasteiger partial charge in [0, 0.05) is 18.9 Å². The number of hydrogen-bond acceptors (Lipinski definition) is 5. The van der Waals surface area contributed by atoms with Crippen LogP contribution in [0.1, 0.15) is 16.1 Å². The molecule has 0 radical (unpaired) electrons. The van der Waals surface area contributed by atoms with Crippen molar-refractivity contribution in [2.45, 2.75) is 6.54 Å². The lowest BCUT2D eigenvalue weighted by Crippen LogP contribution is -2.15. The summed E-state index contributed by atoms with van der Waals surface area (Å²) in [5.41, 5.74) is 1.65. The lowest BCUT2D eigenvalue weighted by Gasteiger charge is -2.08. The molecule has 25 heavy (non-hydrogen) atoms. The highest BCUT2D eigenvalue weighted by molar-refractivity contribution is 6.44. The van der Waals surface area contributed by atoms with Crippen LogP contribution in [-0.2, 0) is 6.54 Å². The van der Waals surface area contributed by atoms with E-state index in [4.69, 9.17) is 23.2 Å². The zero-order valence-corrected chi connectivity index (χ0v) is 14.4. The maximum atomic E-state index is 12.2. The second-order valence-corrected chi connectivity index (χ2v) is 5.85. The first-order valence-corrected chi connectivity index (χ1v) is 8.11. The van der Waals surface area contributed by atoms with E-state index in [0.29, 0.717) is 23.1 Å². The Kier molecular flexibility index (Phi) is 5.42. The Balaban J connectivity index is 1.63. The lowest BCUT2D eigenvalue weighted by molar-refractivity contribution is 0.102. The molecule has 3 aromatic rings. The molecule has 6 nitrogen and oxygen atoms in total. The fraction of sp³-hybridized carbons (Fsp3) is 0.0588. The van der Waals surface area contributed by atoms with Crippen molar-refractivity contribution in [3.8, 4) is 0 Å². The molecule has 1 aromatic carbocycles. The minimum Gasteiger partial charge on any atom is -0.365 e. The van der Waals surface area contributed by atoms with Crippen molar-refractivity contribution in [2.24, 2.45) is 0 Å². The molecule has 0 fully saturated rings. The third-order valence-corrected chi connectivity index (χ3v) is 4.14. The number of carbonyl (C=O) groups is 1. The maximum Gasteiger partial charge on any atom is 0.276 e. The van der Waals surface area contributed by atoms with Gasteiger partial charge in [0.2, 0.25) is 0 Å². The van der Waals surface area contributed by atoms with Crippen molar-refractivity contribution in [1.29, 1.82) is 0 Å². The van der Waals surface area contributed by atoms with Gasteiger partial charge in [0.05, 0.1) is 15.7 Å².